The van der Waals surface area contributed by atoms with E-state index in [2.05, 4.69) is 10.3 Å². The van der Waals surface area contributed by atoms with Crippen LogP contribution in [-0.2, 0) is 0 Å². The second-order valence-electron chi connectivity index (χ2n) is 5.77. The average Bonchev–Trinajstić information content (AvgIpc) is 3.38. The van der Waals surface area contributed by atoms with Crippen LogP contribution in [0.1, 0.15) is 10.4 Å². The van der Waals surface area contributed by atoms with Crippen molar-refractivity contribution in [1.82, 2.24) is 4.98 Å². The fourth-order valence-corrected chi connectivity index (χ4v) is 4.49. The minimum atomic E-state index is -0.566. The molecule has 1 amide bonds. The molecule has 0 spiro atoms. The maximum Gasteiger partial charge on any atom is 0.282 e. The van der Waals surface area contributed by atoms with Crippen molar-refractivity contribution < 1.29 is 9.72 Å². The summed E-state index contributed by atoms with van der Waals surface area (Å²) in [6, 6.07) is 19.6. The Labute approximate surface area is 168 Å². The molecule has 2 aromatic carbocycles. The van der Waals surface area contributed by atoms with E-state index < -0.39 is 10.8 Å². The van der Waals surface area contributed by atoms with Gasteiger partial charge in [-0.25, -0.2) is 4.98 Å². The standard InChI is InChI=1S/C20H13N3O3S2/c24-19(14-9-4-5-10-15(14)23(25)26)22-20-21-17(16-11-6-12-27-16)18(28-20)13-7-2-1-3-8-13/h1-12H,(H,21,22,24). The number of nitro benzene ring substituents is 1. The summed E-state index contributed by atoms with van der Waals surface area (Å²) in [6.07, 6.45) is 0. The maximum atomic E-state index is 12.6. The molecular weight excluding hydrogens is 394 g/mol. The number of anilines is 1. The zero-order valence-corrected chi connectivity index (χ0v) is 16.0. The van der Waals surface area contributed by atoms with Gasteiger partial charge in [-0.15, -0.1) is 11.3 Å². The van der Waals surface area contributed by atoms with E-state index >= 15 is 0 Å². The molecule has 0 aliphatic heterocycles. The lowest BCUT2D eigenvalue weighted by atomic mass is 10.1. The molecule has 0 saturated carbocycles. The van der Waals surface area contributed by atoms with Crippen molar-refractivity contribution in [3.8, 4) is 21.0 Å². The van der Waals surface area contributed by atoms with Crippen LogP contribution in [0, 0.1) is 10.1 Å². The van der Waals surface area contributed by atoms with Gasteiger partial charge in [-0.1, -0.05) is 59.9 Å². The van der Waals surface area contributed by atoms with Crippen molar-refractivity contribution >= 4 is 39.4 Å². The fraction of sp³-hybridized carbons (Fsp3) is 0. The fourth-order valence-electron chi connectivity index (χ4n) is 2.73. The molecule has 0 radical (unpaired) electrons. The molecule has 0 aliphatic rings. The van der Waals surface area contributed by atoms with Crippen LogP contribution in [0.25, 0.3) is 21.0 Å². The van der Waals surface area contributed by atoms with Crippen LogP contribution in [0.3, 0.4) is 0 Å². The summed E-state index contributed by atoms with van der Waals surface area (Å²) in [6.45, 7) is 0. The van der Waals surface area contributed by atoms with Crippen LogP contribution in [0.5, 0.6) is 0 Å². The van der Waals surface area contributed by atoms with Crippen LogP contribution >= 0.6 is 22.7 Å². The van der Waals surface area contributed by atoms with E-state index in [0.717, 1.165) is 21.0 Å². The molecule has 2 heterocycles. The van der Waals surface area contributed by atoms with Crippen LogP contribution in [-0.4, -0.2) is 15.8 Å². The largest absolute Gasteiger partial charge is 0.298 e. The third kappa shape index (κ3) is 3.55. The lowest BCUT2D eigenvalue weighted by molar-refractivity contribution is -0.385. The van der Waals surface area contributed by atoms with E-state index in [-0.39, 0.29) is 11.3 Å². The van der Waals surface area contributed by atoms with Gasteiger partial charge in [-0.2, -0.15) is 0 Å². The Morgan fingerprint density at radius 3 is 2.46 bits per heavy atom. The molecule has 0 aliphatic carbocycles. The van der Waals surface area contributed by atoms with Gasteiger partial charge in [0, 0.05) is 6.07 Å². The SMILES string of the molecule is O=C(Nc1nc(-c2cccs2)c(-c2ccccc2)s1)c1ccccc1[N+](=O)[O-]. The van der Waals surface area contributed by atoms with Crippen LogP contribution < -0.4 is 5.32 Å². The number of rotatable bonds is 5. The smallest absolute Gasteiger partial charge is 0.282 e. The molecule has 0 unspecified atom stereocenters. The van der Waals surface area contributed by atoms with E-state index in [0.29, 0.717) is 5.13 Å². The van der Waals surface area contributed by atoms with Crippen LogP contribution in [0.4, 0.5) is 10.8 Å². The minimum absolute atomic E-state index is 0.00151. The number of amides is 1. The first-order chi connectivity index (χ1) is 13.6. The number of aromatic nitrogens is 1. The number of para-hydroxylation sites is 1. The molecule has 4 aromatic rings. The van der Waals surface area contributed by atoms with Gasteiger partial charge in [-0.05, 0) is 23.1 Å². The minimum Gasteiger partial charge on any atom is -0.298 e. The molecule has 0 atom stereocenters. The highest BCUT2D eigenvalue weighted by Crippen LogP contribution is 2.40. The first kappa shape index (κ1) is 18.0. The number of carbonyl (C=O) groups is 1. The lowest BCUT2D eigenvalue weighted by Gasteiger charge is -2.02. The highest BCUT2D eigenvalue weighted by molar-refractivity contribution is 7.20. The van der Waals surface area contributed by atoms with Crippen molar-refractivity contribution in [2.24, 2.45) is 0 Å². The Balaban J connectivity index is 1.72. The van der Waals surface area contributed by atoms with Gasteiger partial charge < -0.3 is 0 Å². The molecule has 0 saturated heterocycles. The van der Waals surface area contributed by atoms with Gasteiger partial charge in [0.05, 0.1) is 14.7 Å². The summed E-state index contributed by atoms with van der Waals surface area (Å²) in [7, 11) is 0. The molecule has 8 heteroatoms. The monoisotopic (exact) mass is 407 g/mol. The second-order valence-corrected chi connectivity index (χ2v) is 7.72. The molecular formula is C20H13N3O3S2. The number of benzene rings is 2. The Bertz CT molecular complexity index is 1140. The molecule has 28 heavy (non-hydrogen) atoms. The summed E-state index contributed by atoms with van der Waals surface area (Å²) in [5, 5.41) is 16.3. The molecule has 1 N–H and O–H groups in total. The topological polar surface area (TPSA) is 85.1 Å². The third-order valence-corrected chi connectivity index (χ3v) is 5.88. The Kier molecular flexibility index (Phi) is 4.96. The third-order valence-electron chi connectivity index (χ3n) is 3.98. The Morgan fingerprint density at radius 1 is 1.00 bits per heavy atom. The number of nitrogens with zero attached hydrogens (tertiary/aromatic N) is 2. The van der Waals surface area contributed by atoms with E-state index in [1.807, 2.05) is 47.8 Å². The lowest BCUT2D eigenvalue weighted by Crippen LogP contribution is -2.13. The van der Waals surface area contributed by atoms with Gasteiger partial charge in [0.25, 0.3) is 11.6 Å². The maximum absolute atomic E-state index is 12.6. The second kappa shape index (κ2) is 7.71. The number of thiazole rings is 1. The molecule has 2 aromatic heterocycles. The zero-order valence-electron chi connectivity index (χ0n) is 14.4. The van der Waals surface area contributed by atoms with Crippen molar-refractivity contribution in [2.45, 2.75) is 0 Å². The summed E-state index contributed by atoms with van der Waals surface area (Å²) in [5.41, 5.74) is 1.54. The Hall–Kier alpha value is -3.36. The van der Waals surface area contributed by atoms with E-state index in [9.17, 15) is 14.9 Å². The predicted molar refractivity (Wildman–Crippen MR) is 112 cm³/mol. The quantitative estimate of drug-likeness (QED) is 0.340. The number of carbonyl (C=O) groups excluding carboxylic acids is 1. The van der Waals surface area contributed by atoms with Crippen molar-refractivity contribution in [1.29, 1.82) is 0 Å². The van der Waals surface area contributed by atoms with Gasteiger partial charge in [0.2, 0.25) is 0 Å². The van der Waals surface area contributed by atoms with Gasteiger partial charge in [0.1, 0.15) is 11.3 Å². The molecule has 6 nitrogen and oxygen atoms in total. The summed E-state index contributed by atoms with van der Waals surface area (Å²) >= 11 is 2.90. The van der Waals surface area contributed by atoms with E-state index in [1.54, 1.807) is 17.4 Å². The number of hydrogen-bond acceptors (Lipinski definition) is 6. The summed E-state index contributed by atoms with van der Waals surface area (Å²) in [5.74, 6) is -0.557. The Morgan fingerprint density at radius 2 is 1.75 bits per heavy atom. The van der Waals surface area contributed by atoms with Gasteiger partial charge in [-0.3, -0.25) is 20.2 Å². The van der Waals surface area contributed by atoms with Crippen molar-refractivity contribution in [3.05, 3.63) is 87.8 Å². The number of thiophene rings is 1. The van der Waals surface area contributed by atoms with Gasteiger partial charge >= 0.3 is 0 Å². The summed E-state index contributed by atoms with van der Waals surface area (Å²) < 4.78 is 0. The molecule has 0 bridgehead atoms. The van der Waals surface area contributed by atoms with Crippen LogP contribution in [0.15, 0.2) is 72.1 Å². The first-order valence-corrected chi connectivity index (χ1v) is 9.98. The molecule has 138 valence electrons. The average molecular weight is 407 g/mol. The highest BCUT2D eigenvalue weighted by Gasteiger charge is 2.22. The zero-order chi connectivity index (χ0) is 19.5. The predicted octanol–water partition coefficient (Wildman–Crippen LogP) is 5.70. The molecule has 4 rings (SSSR count). The number of nitrogens with one attached hydrogen (secondary N) is 1. The van der Waals surface area contributed by atoms with E-state index in [4.69, 9.17) is 0 Å². The first-order valence-electron chi connectivity index (χ1n) is 8.28. The molecule has 0 fully saturated rings. The van der Waals surface area contributed by atoms with E-state index in [1.165, 1.54) is 29.5 Å². The number of nitro groups is 1. The highest BCUT2D eigenvalue weighted by atomic mass is 32.1. The summed E-state index contributed by atoms with van der Waals surface area (Å²) in [4.78, 5) is 29.8. The van der Waals surface area contributed by atoms with Gasteiger partial charge in [0.15, 0.2) is 5.13 Å². The normalized spacial score (nSPS) is 10.6. The van der Waals surface area contributed by atoms with Crippen LogP contribution in [0.2, 0.25) is 0 Å². The van der Waals surface area contributed by atoms with Crippen molar-refractivity contribution in [3.63, 3.8) is 0 Å². The van der Waals surface area contributed by atoms with Crippen molar-refractivity contribution in [2.75, 3.05) is 5.32 Å². The number of hydrogen-bond donors (Lipinski definition) is 1.